The summed E-state index contributed by atoms with van der Waals surface area (Å²) >= 11 is 7.74. The van der Waals surface area contributed by atoms with Crippen molar-refractivity contribution in [2.45, 2.75) is 48.0 Å². The van der Waals surface area contributed by atoms with E-state index in [1.165, 1.54) is 12.1 Å². The van der Waals surface area contributed by atoms with Gasteiger partial charge in [-0.05, 0) is 61.7 Å². The Bertz CT molecular complexity index is 860. The van der Waals surface area contributed by atoms with Crippen molar-refractivity contribution in [2.24, 2.45) is 0 Å². The van der Waals surface area contributed by atoms with Crippen LogP contribution in [0.3, 0.4) is 0 Å². The van der Waals surface area contributed by atoms with Crippen LogP contribution in [0, 0.1) is 5.82 Å². The molecule has 4 nitrogen and oxygen atoms in total. The van der Waals surface area contributed by atoms with Crippen LogP contribution in [-0.4, -0.2) is 39.8 Å². The molecule has 148 valence electrons. The van der Waals surface area contributed by atoms with Crippen molar-refractivity contribution in [1.29, 1.82) is 0 Å². The molecule has 0 unspecified atom stereocenters. The largest absolute Gasteiger partial charge is 0.508 e. The Kier molecular flexibility index (Phi) is 5.80. The third-order valence-corrected chi connectivity index (χ3v) is 6.58. The molecule has 2 aromatic rings. The first-order valence-corrected chi connectivity index (χ1v) is 10.7. The number of carbonyl (C=O) groups excluding carboxylic acids is 1. The SMILES string of the molecule is O=C(NC1CC1)[C@@H]1C[C@@H](Sc2ccc(F)cc2)CN1Cc1cc(Cl)ccc1O. The molecule has 0 spiro atoms. The first-order valence-electron chi connectivity index (χ1n) is 9.42. The molecule has 1 aliphatic heterocycles. The van der Waals surface area contributed by atoms with Gasteiger partial charge < -0.3 is 10.4 Å². The number of hydrogen-bond acceptors (Lipinski definition) is 4. The van der Waals surface area contributed by atoms with Crippen molar-refractivity contribution < 1.29 is 14.3 Å². The minimum atomic E-state index is -0.254. The first-order chi connectivity index (χ1) is 13.5. The number of likely N-dealkylation sites (tertiary alicyclic amines) is 1. The van der Waals surface area contributed by atoms with Gasteiger partial charge in [-0.25, -0.2) is 4.39 Å². The highest BCUT2D eigenvalue weighted by Gasteiger charge is 2.39. The summed E-state index contributed by atoms with van der Waals surface area (Å²) in [5.74, 6) is -0.0258. The molecule has 28 heavy (non-hydrogen) atoms. The topological polar surface area (TPSA) is 52.6 Å². The molecule has 1 aliphatic carbocycles. The molecule has 0 aromatic heterocycles. The number of thioether (sulfide) groups is 1. The zero-order valence-corrected chi connectivity index (χ0v) is 16.8. The summed E-state index contributed by atoms with van der Waals surface area (Å²) in [5, 5.41) is 14.0. The summed E-state index contributed by atoms with van der Waals surface area (Å²) in [4.78, 5) is 15.9. The van der Waals surface area contributed by atoms with E-state index in [4.69, 9.17) is 11.6 Å². The van der Waals surface area contributed by atoms with E-state index in [1.54, 1.807) is 42.1 Å². The normalized spacial score (nSPS) is 22.4. The number of aromatic hydroxyl groups is 1. The summed E-state index contributed by atoms with van der Waals surface area (Å²) in [7, 11) is 0. The molecule has 1 saturated carbocycles. The zero-order chi connectivity index (χ0) is 19.7. The Labute approximate surface area is 173 Å². The third-order valence-electron chi connectivity index (χ3n) is 5.12. The number of nitrogens with zero attached hydrogens (tertiary/aromatic N) is 1. The number of phenolic OH excluding ortho intramolecular Hbond substituents is 1. The molecule has 1 saturated heterocycles. The van der Waals surface area contributed by atoms with E-state index in [2.05, 4.69) is 10.2 Å². The van der Waals surface area contributed by atoms with Crippen LogP contribution in [0.1, 0.15) is 24.8 Å². The van der Waals surface area contributed by atoms with Crippen LogP contribution >= 0.6 is 23.4 Å². The summed E-state index contributed by atoms with van der Waals surface area (Å²) in [5.41, 5.74) is 0.712. The van der Waals surface area contributed by atoms with Crippen molar-refractivity contribution in [1.82, 2.24) is 10.2 Å². The Hall–Kier alpha value is -1.76. The van der Waals surface area contributed by atoms with Crippen molar-refractivity contribution in [3.63, 3.8) is 0 Å². The van der Waals surface area contributed by atoms with Gasteiger partial charge in [0.05, 0.1) is 6.04 Å². The number of benzene rings is 2. The lowest BCUT2D eigenvalue weighted by Gasteiger charge is -2.24. The lowest BCUT2D eigenvalue weighted by molar-refractivity contribution is -0.125. The number of hydrogen-bond donors (Lipinski definition) is 2. The lowest BCUT2D eigenvalue weighted by Crippen LogP contribution is -2.43. The highest BCUT2D eigenvalue weighted by molar-refractivity contribution is 8.00. The van der Waals surface area contributed by atoms with Crippen molar-refractivity contribution in [3.8, 4) is 5.75 Å². The van der Waals surface area contributed by atoms with E-state index in [9.17, 15) is 14.3 Å². The number of carbonyl (C=O) groups is 1. The van der Waals surface area contributed by atoms with E-state index in [0.29, 0.717) is 36.1 Å². The average Bonchev–Trinajstić information content (AvgIpc) is 3.39. The van der Waals surface area contributed by atoms with E-state index in [1.807, 2.05) is 0 Å². The Morgan fingerprint density at radius 3 is 2.71 bits per heavy atom. The monoisotopic (exact) mass is 420 g/mol. The molecule has 2 N–H and O–H groups in total. The van der Waals surface area contributed by atoms with Crippen molar-refractivity contribution in [2.75, 3.05) is 6.54 Å². The second-order valence-electron chi connectivity index (χ2n) is 7.43. The van der Waals surface area contributed by atoms with Gasteiger partial charge >= 0.3 is 0 Å². The van der Waals surface area contributed by atoms with Gasteiger partial charge in [-0.2, -0.15) is 0 Å². The standard InChI is InChI=1S/C21H22ClFN2O2S/c22-14-1-8-20(26)13(9-14)11-25-12-18(28-17-6-2-15(23)3-7-17)10-19(25)21(27)24-16-4-5-16/h1-3,6-9,16,18-19,26H,4-5,10-12H2,(H,24,27)/t18-,19+/m1/s1. The van der Waals surface area contributed by atoms with Gasteiger partial charge in [0.15, 0.2) is 0 Å². The molecule has 0 bridgehead atoms. The average molecular weight is 421 g/mol. The highest BCUT2D eigenvalue weighted by Crippen LogP contribution is 2.35. The van der Waals surface area contributed by atoms with Crippen LogP contribution < -0.4 is 5.32 Å². The van der Waals surface area contributed by atoms with Gasteiger partial charge in [0.25, 0.3) is 0 Å². The Morgan fingerprint density at radius 1 is 1.25 bits per heavy atom. The van der Waals surface area contributed by atoms with Crippen LogP contribution in [0.15, 0.2) is 47.4 Å². The minimum Gasteiger partial charge on any atom is -0.508 e. The van der Waals surface area contributed by atoms with Gasteiger partial charge in [0.2, 0.25) is 5.91 Å². The molecule has 2 atom stereocenters. The fourth-order valence-electron chi connectivity index (χ4n) is 3.52. The second-order valence-corrected chi connectivity index (χ2v) is 9.24. The van der Waals surface area contributed by atoms with E-state index in [-0.39, 0.29) is 28.8 Å². The predicted octanol–water partition coefficient (Wildman–Crippen LogP) is 4.20. The van der Waals surface area contributed by atoms with Crippen molar-refractivity contribution in [3.05, 3.63) is 58.9 Å². The smallest absolute Gasteiger partial charge is 0.237 e. The molecule has 2 aromatic carbocycles. The minimum absolute atomic E-state index is 0.0474. The molecule has 2 fully saturated rings. The molecule has 1 heterocycles. The Morgan fingerprint density at radius 2 is 2.00 bits per heavy atom. The maximum Gasteiger partial charge on any atom is 0.237 e. The summed E-state index contributed by atoms with van der Waals surface area (Å²) in [6, 6.07) is 11.5. The third kappa shape index (κ3) is 4.80. The predicted molar refractivity (Wildman–Crippen MR) is 109 cm³/mol. The Balaban J connectivity index is 1.49. The number of phenols is 1. The number of amides is 1. The molecule has 1 amide bonds. The van der Waals surface area contributed by atoms with Gasteiger partial charge in [-0.1, -0.05) is 11.6 Å². The molecular weight excluding hydrogens is 399 g/mol. The zero-order valence-electron chi connectivity index (χ0n) is 15.3. The highest BCUT2D eigenvalue weighted by atomic mass is 35.5. The van der Waals surface area contributed by atoms with E-state index in [0.717, 1.165) is 17.7 Å². The van der Waals surface area contributed by atoms with Gasteiger partial charge in [-0.3, -0.25) is 9.69 Å². The van der Waals surface area contributed by atoms with Crippen molar-refractivity contribution >= 4 is 29.3 Å². The van der Waals surface area contributed by atoms with Crippen LogP contribution in [0.5, 0.6) is 5.75 Å². The first kappa shape index (κ1) is 19.6. The maximum atomic E-state index is 13.2. The van der Waals surface area contributed by atoms with Gasteiger partial charge in [0, 0.05) is 39.9 Å². The number of rotatable bonds is 6. The summed E-state index contributed by atoms with van der Waals surface area (Å²) in [6.45, 7) is 1.16. The molecule has 4 rings (SSSR count). The lowest BCUT2D eigenvalue weighted by atomic mass is 10.1. The van der Waals surface area contributed by atoms with Gasteiger partial charge in [0.1, 0.15) is 11.6 Å². The number of nitrogens with one attached hydrogen (secondary N) is 1. The molecule has 2 aliphatic rings. The molecule has 0 radical (unpaired) electrons. The van der Waals surface area contributed by atoms with E-state index >= 15 is 0 Å². The second kappa shape index (κ2) is 8.31. The molecular formula is C21H22ClFN2O2S. The number of halogens is 2. The van der Waals surface area contributed by atoms with Crippen LogP contribution in [0.25, 0.3) is 0 Å². The summed E-state index contributed by atoms with van der Waals surface area (Å²) < 4.78 is 13.2. The maximum absolute atomic E-state index is 13.2. The van der Waals surface area contributed by atoms with E-state index < -0.39 is 0 Å². The van der Waals surface area contributed by atoms with Crippen LogP contribution in [0.2, 0.25) is 5.02 Å². The van der Waals surface area contributed by atoms with Crippen LogP contribution in [-0.2, 0) is 11.3 Å². The fraction of sp³-hybridized carbons (Fsp3) is 0.381. The van der Waals surface area contributed by atoms with Gasteiger partial charge in [-0.15, -0.1) is 11.8 Å². The fourth-order valence-corrected chi connectivity index (χ4v) is 4.94. The van der Waals surface area contributed by atoms with Crippen LogP contribution in [0.4, 0.5) is 4.39 Å². The quantitative estimate of drug-likeness (QED) is 0.735. The molecule has 7 heteroatoms. The summed E-state index contributed by atoms with van der Waals surface area (Å²) in [6.07, 6.45) is 2.80.